The third-order valence-corrected chi connectivity index (χ3v) is 2.85. The minimum absolute atomic E-state index is 0.615. The van der Waals surface area contributed by atoms with Gasteiger partial charge in [0.25, 0.3) is 5.78 Å². The number of aromatic nitrogens is 4. The van der Waals surface area contributed by atoms with Crippen molar-refractivity contribution in [2.24, 2.45) is 0 Å². The first kappa shape index (κ1) is 9.98. The third kappa shape index (κ3) is 1.76. The number of anilines is 1. The van der Waals surface area contributed by atoms with Crippen LogP contribution < -0.4 is 4.90 Å². The van der Waals surface area contributed by atoms with Crippen molar-refractivity contribution in [2.75, 3.05) is 31.2 Å². The van der Waals surface area contributed by atoms with E-state index in [2.05, 4.69) is 35.9 Å². The van der Waals surface area contributed by atoms with Crippen LogP contribution in [0, 0.1) is 0 Å². The highest BCUT2D eigenvalue weighted by Crippen LogP contribution is 2.13. The van der Waals surface area contributed by atoms with Crippen molar-refractivity contribution in [3.8, 4) is 0 Å². The molecule has 1 aliphatic rings. The van der Waals surface area contributed by atoms with E-state index in [9.17, 15) is 0 Å². The normalized spacial score (nSPS) is 16.9. The number of rotatable bonds is 1. The van der Waals surface area contributed by atoms with E-state index < -0.39 is 0 Å². The summed E-state index contributed by atoms with van der Waals surface area (Å²) in [6.07, 6.45) is 3.56. The van der Waals surface area contributed by atoms with Crippen molar-refractivity contribution < 1.29 is 4.74 Å². The molecule has 0 bridgehead atoms. The summed E-state index contributed by atoms with van der Waals surface area (Å²) in [5.41, 5.74) is 0. The molecule has 0 aliphatic carbocycles. The fourth-order valence-corrected chi connectivity index (χ4v) is 1.94. The Labute approximate surface area is 100 Å². The fraction of sp³-hybridized carbons (Fsp3) is 0.444. The molecule has 3 rings (SSSR count). The Kier molecular flexibility index (Phi) is 2.49. The van der Waals surface area contributed by atoms with Crippen molar-refractivity contribution in [3.63, 3.8) is 0 Å². The highest BCUT2D eigenvalue weighted by Gasteiger charge is 2.16. The third-order valence-electron chi connectivity index (χ3n) is 2.44. The molecule has 0 atom stereocenters. The summed E-state index contributed by atoms with van der Waals surface area (Å²) in [5.74, 6) is 1.33. The Bertz CT molecular complexity index is 508. The fourth-order valence-electron chi connectivity index (χ4n) is 1.65. The first-order chi connectivity index (χ1) is 7.83. The van der Waals surface area contributed by atoms with Gasteiger partial charge in [0.05, 0.1) is 17.7 Å². The van der Waals surface area contributed by atoms with Crippen LogP contribution >= 0.6 is 15.9 Å². The van der Waals surface area contributed by atoms with Crippen LogP contribution in [0.1, 0.15) is 0 Å². The predicted octanol–water partition coefficient (Wildman–Crippen LogP) is 0.723. The molecule has 84 valence electrons. The lowest BCUT2D eigenvalue weighted by Gasteiger charge is -2.25. The number of fused-ring (bicyclic) bond motifs is 1. The summed E-state index contributed by atoms with van der Waals surface area (Å²) >= 11 is 3.35. The van der Waals surface area contributed by atoms with E-state index in [1.807, 2.05) is 6.20 Å². The van der Waals surface area contributed by atoms with E-state index in [-0.39, 0.29) is 0 Å². The largest absolute Gasteiger partial charge is 0.378 e. The molecule has 16 heavy (non-hydrogen) atoms. The van der Waals surface area contributed by atoms with Gasteiger partial charge in [0.1, 0.15) is 0 Å². The van der Waals surface area contributed by atoms with E-state index in [0.717, 1.165) is 30.8 Å². The minimum atomic E-state index is 0.615. The molecule has 1 saturated heterocycles. The summed E-state index contributed by atoms with van der Waals surface area (Å²) < 4.78 is 7.85. The maximum Gasteiger partial charge on any atom is 0.254 e. The second-order valence-electron chi connectivity index (χ2n) is 3.53. The molecule has 0 aromatic carbocycles. The van der Waals surface area contributed by atoms with E-state index in [1.54, 1.807) is 10.7 Å². The number of morpholine rings is 1. The van der Waals surface area contributed by atoms with Gasteiger partial charge in [-0.25, -0.2) is 9.50 Å². The van der Waals surface area contributed by atoms with Crippen molar-refractivity contribution >= 4 is 27.7 Å². The predicted molar refractivity (Wildman–Crippen MR) is 61.5 cm³/mol. The topological polar surface area (TPSA) is 55.5 Å². The molecule has 7 heteroatoms. The van der Waals surface area contributed by atoms with Crippen LogP contribution in [0.2, 0.25) is 0 Å². The van der Waals surface area contributed by atoms with Gasteiger partial charge in [0.15, 0.2) is 0 Å². The Balaban J connectivity index is 1.97. The minimum Gasteiger partial charge on any atom is -0.378 e. The molecule has 1 aliphatic heterocycles. The van der Waals surface area contributed by atoms with Crippen molar-refractivity contribution in [3.05, 3.63) is 16.9 Å². The molecule has 0 unspecified atom stereocenters. The summed E-state index contributed by atoms with van der Waals surface area (Å²) in [4.78, 5) is 10.7. The standard InChI is InChI=1S/C9H10BrN5O/c10-7-5-11-8-12-9(13-15(8)6-7)14-1-3-16-4-2-14/h5-6H,1-4H2. The molecule has 3 heterocycles. The van der Waals surface area contributed by atoms with Crippen LogP contribution in [0.5, 0.6) is 0 Å². The lowest BCUT2D eigenvalue weighted by molar-refractivity contribution is 0.122. The maximum atomic E-state index is 5.29. The molecule has 6 nitrogen and oxygen atoms in total. The van der Waals surface area contributed by atoms with Gasteiger partial charge in [0, 0.05) is 25.5 Å². The average Bonchev–Trinajstić information content (AvgIpc) is 2.73. The number of nitrogens with zero attached hydrogens (tertiary/aromatic N) is 5. The molecule has 0 saturated carbocycles. The van der Waals surface area contributed by atoms with Gasteiger partial charge in [-0.1, -0.05) is 0 Å². The maximum absolute atomic E-state index is 5.29. The summed E-state index contributed by atoms with van der Waals surface area (Å²) in [5, 5.41) is 4.38. The van der Waals surface area contributed by atoms with Crippen LogP contribution in [-0.2, 0) is 4.74 Å². The van der Waals surface area contributed by atoms with E-state index >= 15 is 0 Å². The first-order valence-corrected chi connectivity index (χ1v) is 5.83. The molecule has 0 N–H and O–H groups in total. The molecule has 2 aromatic heterocycles. The van der Waals surface area contributed by atoms with Crippen LogP contribution in [0.25, 0.3) is 5.78 Å². The molecule has 2 aromatic rings. The summed E-state index contributed by atoms with van der Waals surface area (Å²) in [6, 6.07) is 0. The van der Waals surface area contributed by atoms with E-state index in [0.29, 0.717) is 11.7 Å². The van der Waals surface area contributed by atoms with Gasteiger partial charge < -0.3 is 9.64 Å². The van der Waals surface area contributed by atoms with E-state index in [4.69, 9.17) is 4.74 Å². The number of halogens is 1. The van der Waals surface area contributed by atoms with Gasteiger partial charge in [-0.2, -0.15) is 4.98 Å². The number of ether oxygens (including phenoxy) is 1. The monoisotopic (exact) mass is 283 g/mol. The molecular weight excluding hydrogens is 274 g/mol. The van der Waals surface area contributed by atoms with Crippen LogP contribution in [0.15, 0.2) is 16.9 Å². The van der Waals surface area contributed by atoms with Gasteiger partial charge in [0.2, 0.25) is 5.95 Å². The first-order valence-electron chi connectivity index (χ1n) is 5.03. The van der Waals surface area contributed by atoms with Crippen molar-refractivity contribution in [1.29, 1.82) is 0 Å². The average molecular weight is 284 g/mol. The second kappa shape index (κ2) is 3.99. The Hall–Kier alpha value is -1.21. The lowest BCUT2D eigenvalue weighted by Crippen LogP contribution is -2.36. The Morgan fingerprint density at radius 2 is 2.12 bits per heavy atom. The Morgan fingerprint density at radius 3 is 2.94 bits per heavy atom. The van der Waals surface area contributed by atoms with Crippen molar-refractivity contribution in [2.45, 2.75) is 0 Å². The molecule has 0 spiro atoms. The van der Waals surface area contributed by atoms with Crippen LogP contribution in [-0.4, -0.2) is 45.9 Å². The van der Waals surface area contributed by atoms with Gasteiger partial charge in [-0.05, 0) is 15.9 Å². The Morgan fingerprint density at radius 1 is 1.31 bits per heavy atom. The quantitative estimate of drug-likeness (QED) is 0.772. The smallest absolute Gasteiger partial charge is 0.254 e. The molecule has 0 amide bonds. The molecule has 0 radical (unpaired) electrons. The van der Waals surface area contributed by atoms with E-state index in [1.165, 1.54) is 0 Å². The van der Waals surface area contributed by atoms with Crippen LogP contribution in [0.3, 0.4) is 0 Å². The zero-order chi connectivity index (χ0) is 11.0. The molecule has 1 fully saturated rings. The SMILES string of the molecule is Brc1cnc2nc(N3CCOCC3)nn2c1. The number of hydrogen-bond acceptors (Lipinski definition) is 5. The highest BCUT2D eigenvalue weighted by molar-refractivity contribution is 9.10. The van der Waals surface area contributed by atoms with Crippen LogP contribution in [0.4, 0.5) is 5.95 Å². The van der Waals surface area contributed by atoms with Gasteiger partial charge in [-0.15, -0.1) is 5.10 Å². The number of hydrogen-bond donors (Lipinski definition) is 0. The zero-order valence-corrected chi connectivity index (χ0v) is 10.1. The molecular formula is C9H10BrN5O. The van der Waals surface area contributed by atoms with Crippen molar-refractivity contribution in [1.82, 2.24) is 19.6 Å². The highest BCUT2D eigenvalue weighted by atomic mass is 79.9. The van der Waals surface area contributed by atoms with Gasteiger partial charge in [-0.3, -0.25) is 0 Å². The summed E-state index contributed by atoms with van der Waals surface area (Å²) in [6.45, 7) is 3.12. The van der Waals surface area contributed by atoms with Gasteiger partial charge >= 0.3 is 0 Å². The summed E-state index contributed by atoms with van der Waals surface area (Å²) in [7, 11) is 0. The zero-order valence-electron chi connectivity index (χ0n) is 8.51. The second-order valence-corrected chi connectivity index (χ2v) is 4.44. The lowest BCUT2D eigenvalue weighted by atomic mass is 10.4.